The molecule has 2 atom stereocenters. The van der Waals surface area contributed by atoms with E-state index in [0.29, 0.717) is 17.6 Å². The lowest BCUT2D eigenvalue weighted by molar-refractivity contribution is 0.0755. The number of amides is 1. The fourth-order valence-corrected chi connectivity index (χ4v) is 5.04. The molecule has 2 aliphatic rings. The van der Waals surface area contributed by atoms with Gasteiger partial charge in [0.15, 0.2) is 0 Å². The molecule has 0 saturated heterocycles. The number of halogens is 2. The van der Waals surface area contributed by atoms with Gasteiger partial charge in [-0.05, 0) is 56.6 Å². The van der Waals surface area contributed by atoms with Crippen LogP contribution < -0.4 is 11.1 Å². The van der Waals surface area contributed by atoms with Crippen molar-refractivity contribution in [2.45, 2.75) is 51.1 Å². The molecule has 1 heterocycles. The van der Waals surface area contributed by atoms with Crippen molar-refractivity contribution >= 4 is 17.5 Å². The Morgan fingerprint density at radius 1 is 1.33 bits per heavy atom. The normalized spacial score (nSPS) is 27.4. The highest BCUT2D eigenvalue weighted by atomic mass is 35.5. The molecule has 2 fully saturated rings. The molecule has 0 spiro atoms. The molecule has 2 unspecified atom stereocenters. The van der Waals surface area contributed by atoms with E-state index in [4.69, 9.17) is 21.9 Å². The third-order valence-corrected chi connectivity index (χ3v) is 6.28. The lowest BCUT2D eigenvalue weighted by atomic mass is 9.67. The number of hydrogen-bond acceptors (Lipinski definition) is 4. The Bertz CT molecular complexity index is 835. The lowest BCUT2D eigenvalue weighted by Gasteiger charge is -2.45. The number of nitrogens with zero attached hydrogens (tertiary/aromatic N) is 1. The van der Waals surface area contributed by atoms with Crippen molar-refractivity contribution in [2.75, 3.05) is 0 Å². The smallest absolute Gasteiger partial charge is 0.257 e. The van der Waals surface area contributed by atoms with Crippen LogP contribution in [-0.2, 0) is 0 Å². The number of aryl methyl sites for hydroxylation is 1. The van der Waals surface area contributed by atoms with Crippen LogP contribution in [0.2, 0.25) is 5.02 Å². The van der Waals surface area contributed by atoms with Crippen molar-refractivity contribution < 1.29 is 13.7 Å². The summed E-state index contributed by atoms with van der Waals surface area (Å²) in [5.74, 6) is 0.291. The van der Waals surface area contributed by atoms with E-state index in [1.165, 1.54) is 18.6 Å². The van der Waals surface area contributed by atoms with Gasteiger partial charge >= 0.3 is 0 Å². The molecule has 3 N–H and O–H groups in total. The Hall–Kier alpha value is -1.92. The van der Waals surface area contributed by atoms with Gasteiger partial charge in [-0.25, -0.2) is 4.39 Å². The molecule has 27 heavy (non-hydrogen) atoms. The molecule has 7 heteroatoms. The summed E-state index contributed by atoms with van der Waals surface area (Å²) in [5, 5.41) is 7.29. The van der Waals surface area contributed by atoms with Crippen LogP contribution in [0.5, 0.6) is 0 Å². The number of rotatable bonds is 3. The average molecular weight is 392 g/mol. The van der Waals surface area contributed by atoms with Crippen molar-refractivity contribution in [3.05, 3.63) is 40.4 Å². The van der Waals surface area contributed by atoms with Gasteiger partial charge in [0.25, 0.3) is 5.91 Å². The molecule has 2 bridgehead atoms. The van der Waals surface area contributed by atoms with Crippen molar-refractivity contribution in [3.8, 4) is 11.3 Å². The molecule has 2 aliphatic carbocycles. The topological polar surface area (TPSA) is 81.2 Å². The second kappa shape index (κ2) is 7.24. The predicted molar refractivity (Wildman–Crippen MR) is 101 cm³/mol. The maximum absolute atomic E-state index is 14.4. The van der Waals surface area contributed by atoms with E-state index in [2.05, 4.69) is 10.5 Å². The van der Waals surface area contributed by atoms with E-state index in [0.717, 1.165) is 25.7 Å². The first-order chi connectivity index (χ1) is 13.0. The molecule has 2 aromatic rings. The molecular formula is C20H23ClFN3O2. The average Bonchev–Trinajstić information content (AvgIpc) is 2.97. The fraction of sp³-hybridized carbons (Fsp3) is 0.500. The highest BCUT2D eigenvalue weighted by molar-refractivity contribution is 6.33. The van der Waals surface area contributed by atoms with E-state index in [9.17, 15) is 9.18 Å². The summed E-state index contributed by atoms with van der Waals surface area (Å²) in [4.78, 5) is 13.1. The summed E-state index contributed by atoms with van der Waals surface area (Å²) in [6.07, 6.45) is 5.18. The zero-order chi connectivity index (χ0) is 19.1. The number of nitrogens with one attached hydrogen (secondary N) is 1. The summed E-state index contributed by atoms with van der Waals surface area (Å²) < 4.78 is 19.6. The van der Waals surface area contributed by atoms with Crippen molar-refractivity contribution in [1.82, 2.24) is 10.5 Å². The Labute approximate surface area is 162 Å². The van der Waals surface area contributed by atoms with Crippen LogP contribution in [0.4, 0.5) is 4.39 Å². The van der Waals surface area contributed by atoms with E-state index in [1.807, 2.05) is 0 Å². The lowest BCUT2D eigenvalue weighted by Crippen LogP contribution is -2.53. The van der Waals surface area contributed by atoms with E-state index in [1.54, 1.807) is 13.0 Å². The Morgan fingerprint density at radius 2 is 2.04 bits per heavy atom. The van der Waals surface area contributed by atoms with Gasteiger partial charge in [-0.15, -0.1) is 0 Å². The van der Waals surface area contributed by atoms with Crippen LogP contribution in [-0.4, -0.2) is 23.1 Å². The Kier molecular flexibility index (Phi) is 4.95. The minimum absolute atomic E-state index is 0.0873. The standard InChI is InChI=1S/C20H23ClFN3O2/c1-10-16(19(25-27-10)17-14(21)6-3-7-15(17)22)20(26)24-18-11-4-2-5-12(18)9-13(23)8-11/h3,6-7,11-13,18H,2,4-5,8-9,23H2,1H3,(H,24,26). The number of nitrogens with two attached hydrogens (primary N) is 1. The Morgan fingerprint density at radius 3 is 2.70 bits per heavy atom. The summed E-state index contributed by atoms with van der Waals surface area (Å²) in [7, 11) is 0. The summed E-state index contributed by atoms with van der Waals surface area (Å²) in [6, 6.07) is 4.67. The minimum Gasteiger partial charge on any atom is -0.360 e. The van der Waals surface area contributed by atoms with Crippen molar-refractivity contribution in [1.29, 1.82) is 0 Å². The maximum atomic E-state index is 14.4. The highest BCUT2D eigenvalue weighted by Gasteiger charge is 2.40. The zero-order valence-corrected chi connectivity index (χ0v) is 15.9. The van der Waals surface area contributed by atoms with E-state index in [-0.39, 0.29) is 39.8 Å². The maximum Gasteiger partial charge on any atom is 0.257 e. The van der Waals surface area contributed by atoms with Crippen LogP contribution >= 0.6 is 11.6 Å². The number of aromatic nitrogens is 1. The molecule has 4 rings (SSSR count). The van der Waals surface area contributed by atoms with E-state index < -0.39 is 5.82 Å². The van der Waals surface area contributed by atoms with Crippen molar-refractivity contribution in [2.24, 2.45) is 17.6 Å². The second-order valence-electron chi connectivity index (χ2n) is 7.74. The van der Waals surface area contributed by atoms with Crippen LogP contribution in [0.25, 0.3) is 11.3 Å². The molecule has 0 radical (unpaired) electrons. The number of carbonyl (C=O) groups is 1. The second-order valence-corrected chi connectivity index (χ2v) is 8.15. The molecule has 1 amide bonds. The van der Waals surface area contributed by atoms with Gasteiger partial charge in [-0.2, -0.15) is 0 Å². The molecule has 5 nitrogen and oxygen atoms in total. The molecule has 2 saturated carbocycles. The SMILES string of the molecule is Cc1onc(-c2c(F)cccc2Cl)c1C(=O)NC1C2CCCC1CC(N)C2. The number of benzene rings is 1. The van der Waals surface area contributed by atoms with Gasteiger partial charge in [0, 0.05) is 12.1 Å². The Balaban J connectivity index is 1.65. The first-order valence-corrected chi connectivity index (χ1v) is 9.80. The van der Waals surface area contributed by atoms with Gasteiger partial charge in [-0.3, -0.25) is 4.79 Å². The highest BCUT2D eigenvalue weighted by Crippen LogP contribution is 2.40. The molecule has 1 aromatic heterocycles. The third-order valence-electron chi connectivity index (χ3n) is 5.96. The fourth-order valence-electron chi connectivity index (χ4n) is 4.78. The van der Waals surface area contributed by atoms with Crippen LogP contribution in [0.15, 0.2) is 22.7 Å². The largest absolute Gasteiger partial charge is 0.360 e. The van der Waals surface area contributed by atoms with Crippen LogP contribution in [0.3, 0.4) is 0 Å². The van der Waals surface area contributed by atoms with Crippen molar-refractivity contribution in [3.63, 3.8) is 0 Å². The number of hydrogen-bond donors (Lipinski definition) is 2. The molecule has 144 valence electrons. The summed E-state index contributed by atoms with van der Waals surface area (Å²) >= 11 is 6.17. The van der Waals surface area contributed by atoms with Crippen LogP contribution in [0, 0.1) is 24.6 Å². The van der Waals surface area contributed by atoms with Gasteiger partial charge in [0.2, 0.25) is 0 Å². The zero-order valence-electron chi connectivity index (χ0n) is 15.2. The summed E-state index contributed by atoms with van der Waals surface area (Å²) in [5.41, 5.74) is 6.66. The number of carbonyl (C=O) groups excluding carboxylic acids is 1. The molecular weight excluding hydrogens is 369 g/mol. The first kappa shape index (κ1) is 18.4. The number of fused-ring (bicyclic) bond motifs is 2. The summed E-state index contributed by atoms with van der Waals surface area (Å²) in [6.45, 7) is 1.65. The van der Waals surface area contributed by atoms with E-state index >= 15 is 0 Å². The predicted octanol–water partition coefficient (Wildman–Crippen LogP) is 4.08. The first-order valence-electron chi connectivity index (χ1n) is 9.42. The third kappa shape index (κ3) is 3.36. The molecule has 0 aliphatic heterocycles. The van der Waals surface area contributed by atoms with Gasteiger partial charge in [0.05, 0.1) is 10.6 Å². The minimum atomic E-state index is -0.537. The van der Waals surface area contributed by atoms with Gasteiger partial charge in [-0.1, -0.05) is 29.2 Å². The molecule has 1 aromatic carbocycles. The monoisotopic (exact) mass is 391 g/mol. The van der Waals surface area contributed by atoms with Gasteiger partial charge in [0.1, 0.15) is 22.8 Å². The van der Waals surface area contributed by atoms with Gasteiger partial charge < -0.3 is 15.6 Å². The van der Waals surface area contributed by atoms with Crippen LogP contribution in [0.1, 0.15) is 48.2 Å². The quantitative estimate of drug-likeness (QED) is 0.826.